The molecule has 11 nitrogen and oxygen atoms in total. The number of fused-ring (bicyclic) bond motifs is 1. The highest BCUT2D eigenvalue weighted by Gasteiger charge is 2.30. The second-order valence-electron chi connectivity index (χ2n) is 6.89. The van der Waals surface area contributed by atoms with Gasteiger partial charge in [0.15, 0.2) is 17.7 Å². The summed E-state index contributed by atoms with van der Waals surface area (Å²) in [7, 11) is 1.44. The second kappa shape index (κ2) is 8.47. The fourth-order valence-electron chi connectivity index (χ4n) is 2.99. The minimum atomic E-state index is -0.740. The molecule has 0 spiro atoms. The van der Waals surface area contributed by atoms with E-state index in [1.807, 2.05) is 6.07 Å². The Kier molecular flexibility index (Phi) is 5.79. The van der Waals surface area contributed by atoms with Crippen LogP contribution in [0.5, 0.6) is 11.5 Å². The molecule has 0 aliphatic carbocycles. The van der Waals surface area contributed by atoms with E-state index in [0.29, 0.717) is 16.9 Å². The molecule has 1 aromatic heterocycles. The van der Waals surface area contributed by atoms with E-state index in [4.69, 9.17) is 26.2 Å². The van der Waals surface area contributed by atoms with Crippen molar-refractivity contribution in [2.45, 2.75) is 19.9 Å². The van der Waals surface area contributed by atoms with E-state index in [0.717, 1.165) is 0 Å². The summed E-state index contributed by atoms with van der Waals surface area (Å²) in [6, 6.07) is 6.10. The molecular weight excluding hydrogens is 400 g/mol. The molecule has 2 heterocycles. The molecule has 1 aromatic carbocycles. The zero-order chi connectivity index (χ0) is 22.7. The van der Waals surface area contributed by atoms with Crippen molar-refractivity contribution in [3.8, 4) is 23.8 Å². The predicted molar refractivity (Wildman–Crippen MR) is 113 cm³/mol. The number of methoxy groups -OCH3 is 1. The molecule has 0 saturated heterocycles. The summed E-state index contributed by atoms with van der Waals surface area (Å²) in [5.74, 6) is 0.187. The number of pyridine rings is 1. The van der Waals surface area contributed by atoms with E-state index in [-0.39, 0.29) is 40.5 Å². The van der Waals surface area contributed by atoms with Gasteiger partial charge in [0.1, 0.15) is 29.3 Å². The average molecular weight is 420 g/mol. The molecule has 1 aliphatic rings. The molecule has 158 valence electrons. The number of hydrogen-bond donors (Lipinski definition) is 4. The topological polar surface area (TPSA) is 184 Å². The average Bonchev–Trinajstić information content (AvgIpc) is 2.73. The summed E-state index contributed by atoms with van der Waals surface area (Å²) in [4.78, 5) is 20.7. The number of carbonyl (C=O) groups excluding carboxylic acids is 1. The van der Waals surface area contributed by atoms with E-state index < -0.39 is 12.0 Å². The molecule has 6 N–H and O–H groups in total. The Balaban J connectivity index is 2.14. The van der Waals surface area contributed by atoms with Crippen LogP contribution in [-0.4, -0.2) is 24.0 Å². The number of benzene rings is 1. The van der Waals surface area contributed by atoms with Crippen LogP contribution in [0.2, 0.25) is 0 Å². The van der Waals surface area contributed by atoms with Gasteiger partial charge in [-0.3, -0.25) is 10.1 Å². The van der Waals surface area contributed by atoms with Gasteiger partial charge in [0.2, 0.25) is 5.96 Å². The number of nitrogens with zero attached hydrogens (tertiary/aromatic N) is 4. The monoisotopic (exact) mass is 420 g/mol. The number of nitrogens with two attached hydrogens (primary N) is 2. The van der Waals surface area contributed by atoms with Crippen molar-refractivity contribution in [1.82, 2.24) is 10.3 Å². The summed E-state index contributed by atoms with van der Waals surface area (Å²) in [6.45, 7) is 3.45. The van der Waals surface area contributed by atoms with Crippen molar-refractivity contribution in [2.75, 3.05) is 23.9 Å². The van der Waals surface area contributed by atoms with Gasteiger partial charge in [-0.05, 0) is 17.7 Å². The zero-order valence-corrected chi connectivity index (χ0v) is 17.1. The first-order valence-electron chi connectivity index (χ1n) is 9.19. The molecule has 31 heavy (non-hydrogen) atoms. The van der Waals surface area contributed by atoms with Crippen molar-refractivity contribution in [1.29, 1.82) is 10.5 Å². The summed E-state index contributed by atoms with van der Waals surface area (Å²) in [5.41, 5.74) is 13.2. The number of nitrogen functional groups attached to an aromatic ring is 2. The van der Waals surface area contributed by atoms with Crippen LogP contribution in [-0.2, 0) is 4.79 Å². The lowest BCUT2D eigenvalue weighted by Gasteiger charge is -2.26. The van der Waals surface area contributed by atoms with Gasteiger partial charge in [-0.2, -0.15) is 10.5 Å². The van der Waals surface area contributed by atoms with E-state index in [1.54, 1.807) is 38.2 Å². The second-order valence-corrected chi connectivity index (χ2v) is 6.89. The lowest BCUT2D eigenvalue weighted by molar-refractivity contribution is -0.137. The van der Waals surface area contributed by atoms with Crippen LogP contribution in [0.15, 0.2) is 23.2 Å². The number of carbonyl (C=O) groups is 1. The summed E-state index contributed by atoms with van der Waals surface area (Å²) < 4.78 is 10.8. The third-order valence-corrected chi connectivity index (χ3v) is 4.54. The number of rotatable bonds is 4. The number of hydrogen-bond acceptors (Lipinski definition) is 11. The molecule has 0 fully saturated rings. The van der Waals surface area contributed by atoms with Crippen molar-refractivity contribution < 1.29 is 14.3 Å². The molecule has 0 bridgehead atoms. The Labute approximate surface area is 178 Å². The van der Waals surface area contributed by atoms with Crippen LogP contribution >= 0.6 is 0 Å². The lowest BCUT2D eigenvalue weighted by atomic mass is 9.95. The Morgan fingerprint density at radius 3 is 2.65 bits per heavy atom. The Morgan fingerprint density at radius 2 is 2.03 bits per heavy atom. The van der Waals surface area contributed by atoms with Gasteiger partial charge >= 0.3 is 5.97 Å². The number of anilines is 3. The van der Waals surface area contributed by atoms with Crippen molar-refractivity contribution in [3.05, 3.63) is 34.9 Å². The van der Waals surface area contributed by atoms with E-state index in [9.17, 15) is 10.1 Å². The normalized spacial score (nSPS) is 14.4. The molecule has 0 amide bonds. The standard InChI is InChI=1S/C20H20N8O3/c1-9(2)19(29)31-12-5-4-10(6-13(12)30-3)16-14-15(23)11(7-21)17(24)27-18(14)28-20(26-16)25-8-22/h4-6,9,16H,1-3H3,(H6,23,24,25,26,27,28). The maximum absolute atomic E-state index is 12.0. The van der Waals surface area contributed by atoms with Crippen molar-refractivity contribution in [2.24, 2.45) is 10.9 Å². The fourth-order valence-corrected chi connectivity index (χ4v) is 2.99. The number of guanidine groups is 1. The van der Waals surface area contributed by atoms with E-state index in [1.165, 1.54) is 7.11 Å². The minimum Gasteiger partial charge on any atom is -0.493 e. The molecule has 1 atom stereocenters. The highest BCUT2D eigenvalue weighted by Crippen LogP contribution is 2.42. The van der Waals surface area contributed by atoms with Gasteiger partial charge in [0.25, 0.3) is 0 Å². The molecule has 1 aliphatic heterocycles. The Bertz CT molecular complexity index is 1160. The third kappa shape index (κ3) is 3.97. The SMILES string of the molecule is COc1cc(C2N=C(NC#N)Nc3nc(N)c(C#N)c(N)c32)ccc1OC(=O)C(C)C. The largest absolute Gasteiger partial charge is 0.493 e. The quantitative estimate of drug-likeness (QED) is 0.245. The zero-order valence-electron chi connectivity index (χ0n) is 17.1. The maximum atomic E-state index is 12.0. The number of ether oxygens (including phenoxy) is 2. The molecule has 0 radical (unpaired) electrons. The number of nitrogens with one attached hydrogen (secondary N) is 2. The minimum absolute atomic E-state index is 0.0342. The van der Waals surface area contributed by atoms with Gasteiger partial charge < -0.3 is 26.3 Å². The molecule has 3 rings (SSSR count). The highest BCUT2D eigenvalue weighted by molar-refractivity contribution is 5.98. The highest BCUT2D eigenvalue weighted by atomic mass is 16.6. The number of esters is 1. The Morgan fingerprint density at radius 1 is 1.29 bits per heavy atom. The summed E-state index contributed by atoms with van der Waals surface area (Å²) in [5, 5.41) is 23.7. The van der Waals surface area contributed by atoms with Gasteiger partial charge in [0, 0.05) is 5.56 Å². The molecule has 11 heteroatoms. The smallest absolute Gasteiger partial charge is 0.313 e. The van der Waals surface area contributed by atoms with Crippen molar-refractivity contribution in [3.63, 3.8) is 0 Å². The van der Waals surface area contributed by atoms with E-state index >= 15 is 0 Å². The maximum Gasteiger partial charge on any atom is 0.313 e. The first-order valence-corrected chi connectivity index (χ1v) is 9.19. The van der Waals surface area contributed by atoms with Crippen LogP contribution in [0, 0.1) is 28.7 Å². The lowest BCUT2D eigenvalue weighted by Crippen LogP contribution is -2.32. The van der Waals surface area contributed by atoms with Gasteiger partial charge in [0.05, 0.1) is 18.7 Å². The van der Waals surface area contributed by atoms with Crippen LogP contribution in [0.4, 0.5) is 17.3 Å². The number of nitriles is 2. The van der Waals surface area contributed by atoms with Gasteiger partial charge in [-0.1, -0.05) is 19.9 Å². The van der Waals surface area contributed by atoms with Crippen molar-refractivity contribution >= 4 is 29.3 Å². The fraction of sp³-hybridized carbons (Fsp3) is 0.250. The molecule has 0 saturated carbocycles. The van der Waals surface area contributed by atoms with Gasteiger partial charge in [-0.25, -0.2) is 9.98 Å². The molecule has 1 unspecified atom stereocenters. The van der Waals surface area contributed by atoms with Gasteiger partial charge in [-0.15, -0.1) is 0 Å². The molecular formula is C20H20N8O3. The van der Waals surface area contributed by atoms with Crippen LogP contribution < -0.4 is 31.6 Å². The van der Waals surface area contributed by atoms with Crippen LogP contribution in [0.25, 0.3) is 0 Å². The van der Waals surface area contributed by atoms with Crippen LogP contribution in [0.1, 0.15) is 36.6 Å². The number of aromatic nitrogens is 1. The third-order valence-electron chi connectivity index (χ3n) is 4.54. The first-order chi connectivity index (χ1) is 14.8. The van der Waals surface area contributed by atoms with E-state index in [2.05, 4.69) is 20.6 Å². The first kappa shape index (κ1) is 21.2. The summed E-state index contributed by atoms with van der Waals surface area (Å²) >= 11 is 0. The summed E-state index contributed by atoms with van der Waals surface area (Å²) in [6.07, 6.45) is 1.79. The number of aliphatic imine (C=N–C) groups is 1. The van der Waals surface area contributed by atoms with Crippen LogP contribution in [0.3, 0.4) is 0 Å². The molecule has 2 aromatic rings. The Hall–Kier alpha value is -4.51. The predicted octanol–water partition coefficient (Wildman–Crippen LogP) is 1.63.